The molecule has 1 fully saturated rings. The zero-order valence-corrected chi connectivity index (χ0v) is 18.5. The average molecular weight is 456 g/mol. The smallest absolute Gasteiger partial charge is 0.241 e. The monoisotopic (exact) mass is 455 g/mol. The van der Waals surface area contributed by atoms with E-state index in [1.54, 1.807) is 31.2 Å². The first-order valence-electron chi connectivity index (χ1n) is 10.4. The van der Waals surface area contributed by atoms with Gasteiger partial charge in [-0.25, -0.2) is 9.29 Å². The van der Waals surface area contributed by atoms with Gasteiger partial charge in [0, 0.05) is 11.5 Å². The molecule has 0 saturated carbocycles. The number of fused-ring (bicyclic) bond motifs is 1. The largest absolute Gasteiger partial charge is 0.504 e. The van der Waals surface area contributed by atoms with Crippen molar-refractivity contribution in [2.45, 2.75) is 26.2 Å². The van der Waals surface area contributed by atoms with Gasteiger partial charge in [0.05, 0.1) is 28.6 Å². The molecule has 1 N–H and O–H groups in total. The van der Waals surface area contributed by atoms with E-state index in [4.69, 9.17) is 16.3 Å². The number of aromatic hydroxyl groups is 1. The van der Waals surface area contributed by atoms with Crippen molar-refractivity contribution in [3.05, 3.63) is 77.1 Å². The maximum Gasteiger partial charge on any atom is 0.241 e. The summed E-state index contributed by atoms with van der Waals surface area (Å²) in [7, 11) is 0. The van der Waals surface area contributed by atoms with Crippen LogP contribution in [0.15, 0.2) is 60.7 Å². The molecule has 166 valence electrons. The summed E-state index contributed by atoms with van der Waals surface area (Å²) in [6, 6.07) is 8.88. The molecule has 0 unspecified atom stereocenters. The van der Waals surface area contributed by atoms with Crippen LogP contribution in [0.25, 0.3) is 0 Å². The standard InChI is InChI=1S/C25H23ClFNO4/c1-4-14-9-11-17-23(30)28(15-10-12-19(27)18(26)13-15)24(31)25(17,3)21(14)16-7-6-8-20(22(16)29)32-5-2/h4,6-10,12-13,17,21,29H,1,5,11H2,2-3H3/t17-,21+,25+/m0/s1. The summed E-state index contributed by atoms with van der Waals surface area (Å²) in [6.07, 6.45) is 3.87. The Hall–Kier alpha value is -3.12. The average Bonchev–Trinajstić information content (AvgIpc) is 2.97. The van der Waals surface area contributed by atoms with Crippen LogP contribution < -0.4 is 9.64 Å². The Morgan fingerprint density at radius 2 is 2.09 bits per heavy atom. The quantitative estimate of drug-likeness (QED) is 0.615. The summed E-state index contributed by atoms with van der Waals surface area (Å²) < 4.78 is 19.2. The van der Waals surface area contributed by atoms with E-state index in [0.717, 1.165) is 16.5 Å². The lowest BCUT2D eigenvalue weighted by molar-refractivity contribution is -0.127. The first kappa shape index (κ1) is 22.1. The zero-order valence-electron chi connectivity index (χ0n) is 17.8. The minimum atomic E-state index is -1.20. The Bertz CT molecular complexity index is 1160. The molecule has 5 nitrogen and oxygen atoms in total. The number of hydrogen-bond acceptors (Lipinski definition) is 4. The normalized spacial score (nSPS) is 24.9. The highest BCUT2D eigenvalue weighted by molar-refractivity contribution is 6.31. The molecular formula is C25H23ClFNO4. The Morgan fingerprint density at radius 1 is 1.34 bits per heavy atom. The van der Waals surface area contributed by atoms with E-state index in [9.17, 15) is 19.1 Å². The van der Waals surface area contributed by atoms with Crippen LogP contribution in [0.5, 0.6) is 11.5 Å². The molecule has 2 aromatic rings. The van der Waals surface area contributed by atoms with Crippen LogP contribution in [0.1, 0.15) is 31.7 Å². The summed E-state index contributed by atoms with van der Waals surface area (Å²) in [6.45, 7) is 7.79. The number of nitrogens with zero attached hydrogens (tertiary/aromatic N) is 1. The number of imide groups is 1. The van der Waals surface area contributed by atoms with E-state index in [1.807, 2.05) is 13.0 Å². The first-order chi connectivity index (χ1) is 15.2. The van der Waals surface area contributed by atoms with Gasteiger partial charge in [0.25, 0.3) is 0 Å². The lowest BCUT2D eigenvalue weighted by atomic mass is 9.60. The van der Waals surface area contributed by atoms with Crippen LogP contribution in [0.2, 0.25) is 5.02 Å². The molecule has 2 aromatic carbocycles. The van der Waals surface area contributed by atoms with Gasteiger partial charge >= 0.3 is 0 Å². The van der Waals surface area contributed by atoms with E-state index < -0.39 is 29.0 Å². The molecule has 4 rings (SSSR count). The number of rotatable bonds is 5. The van der Waals surface area contributed by atoms with E-state index >= 15 is 0 Å². The molecule has 0 bridgehead atoms. The number of benzene rings is 2. The van der Waals surface area contributed by atoms with Crippen molar-refractivity contribution in [1.29, 1.82) is 0 Å². The van der Waals surface area contributed by atoms with E-state index in [0.29, 0.717) is 24.3 Å². The second kappa shape index (κ2) is 8.10. The highest BCUT2D eigenvalue weighted by atomic mass is 35.5. The second-order valence-electron chi connectivity index (χ2n) is 8.12. The van der Waals surface area contributed by atoms with Gasteiger partial charge in [-0.1, -0.05) is 42.5 Å². The number of hydrogen-bond donors (Lipinski definition) is 1. The SMILES string of the molecule is C=CC1=CC[C@H]2C(=O)N(c3ccc(F)c(Cl)c3)C(=O)[C@@]2(C)[C@H]1c1cccc(OCC)c1O. The number of amides is 2. The molecule has 32 heavy (non-hydrogen) atoms. The highest BCUT2D eigenvalue weighted by Crippen LogP contribution is 2.58. The Kier molecular flexibility index (Phi) is 5.59. The first-order valence-corrected chi connectivity index (χ1v) is 10.7. The van der Waals surface area contributed by atoms with Crippen molar-refractivity contribution in [1.82, 2.24) is 0 Å². The number of carbonyl (C=O) groups is 2. The number of para-hydroxylation sites is 1. The predicted molar refractivity (Wildman–Crippen MR) is 120 cm³/mol. The summed E-state index contributed by atoms with van der Waals surface area (Å²) >= 11 is 5.92. The third kappa shape index (κ3) is 3.13. The van der Waals surface area contributed by atoms with Crippen molar-refractivity contribution in [3.63, 3.8) is 0 Å². The molecular weight excluding hydrogens is 433 g/mol. The third-order valence-corrected chi connectivity index (χ3v) is 6.76. The van der Waals surface area contributed by atoms with Crippen LogP contribution in [-0.4, -0.2) is 23.5 Å². The third-order valence-electron chi connectivity index (χ3n) is 6.47. The predicted octanol–water partition coefficient (Wildman–Crippen LogP) is 5.38. The number of ether oxygens (including phenoxy) is 1. The zero-order chi connectivity index (χ0) is 23.2. The molecule has 7 heteroatoms. The van der Waals surface area contributed by atoms with Gasteiger partial charge in [0.15, 0.2) is 11.5 Å². The highest BCUT2D eigenvalue weighted by Gasteiger charge is 2.62. The number of phenolic OH excluding ortho intramolecular Hbond substituents is 1. The van der Waals surface area contributed by atoms with Gasteiger partial charge in [-0.15, -0.1) is 0 Å². The van der Waals surface area contributed by atoms with Crippen LogP contribution in [0.3, 0.4) is 0 Å². The molecule has 1 aliphatic carbocycles. The van der Waals surface area contributed by atoms with Gasteiger partial charge in [-0.05, 0) is 50.1 Å². The van der Waals surface area contributed by atoms with Crippen LogP contribution >= 0.6 is 11.6 Å². The molecule has 1 aliphatic heterocycles. The minimum absolute atomic E-state index is 0.0718. The lowest BCUT2D eigenvalue weighted by Crippen LogP contribution is -2.41. The van der Waals surface area contributed by atoms with Gasteiger partial charge in [0.2, 0.25) is 11.8 Å². The fraction of sp³-hybridized carbons (Fsp3) is 0.280. The Labute approximate surface area is 190 Å². The topological polar surface area (TPSA) is 66.8 Å². The van der Waals surface area contributed by atoms with Crippen molar-refractivity contribution in [2.24, 2.45) is 11.3 Å². The van der Waals surface area contributed by atoms with E-state index in [1.165, 1.54) is 12.1 Å². The molecule has 2 aliphatic rings. The molecule has 1 saturated heterocycles. The molecule has 0 aromatic heterocycles. The lowest BCUT2D eigenvalue weighted by Gasteiger charge is -2.40. The van der Waals surface area contributed by atoms with Crippen LogP contribution in [0.4, 0.5) is 10.1 Å². The van der Waals surface area contributed by atoms with Crippen molar-refractivity contribution < 1.29 is 23.8 Å². The number of allylic oxidation sites excluding steroid dienone is 3. The summed E-state index contributed by atoms with van der Waals surface area (Å²) in [5.74, 6) is -2.52. The maximum absolute atomic E-state index is 13.8. The fourth-order valence-corrected chi connectivity index (χ4v) is 5.08. The summed E-state index contributed by atoms with van der Waals surface area (Å²) in [5.41, 5.74) is 0.244. The van der Waals surface area contributed by atoms with Crippen molar-refractivity contribution >= 4 is 29.1 Å². The number of halogens is 2. The van der Waals surface area contributed by atoms with Gasteiger partial charge in [0.1, 0.15) is 5.82 Å². The molecule has 3 atom stereocenters. The minimum Gasteiger partial charge on any atom is -0.504 e. The van der Waals surface area contributed by atoms with E-state index in [2.05, 4.69) is 6.58 Å². The molecule has 2 amide bonds. The van der Waals surface area contributed by atoms with Gasteiger partial charge in [-0.3, -0.25) is 9.59 Å². The van der Waals surface area contributed by atoms with E-state index in [-0.39, 0.29) is 22.4 Å². The van der Waals surface area contributed by atoms with Gasteiger partial charge in [-0.2, -0.15) is 0 Å². The van der Waals surface area contributed by atoms with Gasteiger partial charge < -0.3 is 9.84 Å². The molecule has 1 heterocycles. The Balaban J connectivity index is 1.88. The number of anilines is 1. The molecule has 0 radical (unpaired) electrons. The van der Waals surface area contributed by atoms with Crippen LogP contribution in [-0.2, 0) is 9.59 Å². The fourth-order valence-electron chi connectivity index (χ4n) is 4.91. The van der Waals surface area contributed by atoms with Crippen molar-refractivity contribution in [3.8, 4) is 11.5 Å². The summed E-state index contributed by atoms with van der Waals surface area (Å²) in [5, 5.41) is 10.8. The van der Waals surface area contributed by atoms with Crippen LogP contribution in [0, 0.1) is 17.2 Å². The second-order valence-corrected chi connectivity index (χ2v) is 8.52. The maximum atomic E-state index is 13.8. The molecule has 0 spiro atoms. The Morgan fingerprint density at radius 3 is 2.75 bits per heavy atom. The van der Waals surface area contributed by atoms with Crippen molar-refractivity contribution in [2.75, 3.05) is 11.5 Å². The summed E-state index contributed by atoms with van der Waals surface area (Å²) in [4.78, 5) is 28.3. The number of carbonyl (C=O) groups excluding carboxylic acids is 2. The number of phenols is 1.